The van der Waals surface area contributed by atoms with Crippen molar-refractivity contribution in [1.29, 1.82) is 0 Å². The van der Waals surface area contributed by atoms with Gasteiger partial charge in [0.25, 0.3) is 0 Å². The quantitative estimate of drug-likeness (QED) is 0.602. The molecule has 0 aromatic heterocycles. The van der Waals surface area contributed by atoms with Crippen LogP contribution in [0.2, 0.25) is 0 Å². The maximum atomic E-state index is 9.45. The molecule has 4 nitrogen and oxygen atoms in total. The Bertz CT molecular complexity index is 117. The SMILES string of the molecule is COCC1OC[C@@H](OC)C1O. The first-order chi connectivity index (χ1) is 5.29. The van der Waals surface area contributed by atoms with Crippen LogP contribution in [-0.4, -0.2) is 50.9 Å². The Kier molecular flexibility index (Phi) is 3.26. The molecule has 2 unspecified atom stereocenters. The number of aliphatic hydroxyl groups is 1. The second-order valence-electron chi connectivity index (χ2n) is 2.59. The predicted molar refractivity (Wildman–Crippen MR) is 38.4 cm³/mol. The molecule has 1 aliphatic rings. The van der Waals surface area contributed by atoms with Gasteiger partial charge in [0, 0.05) is 14.2 Å². The smallest absolute Gasteiger partial charge is 0.111 e. The van der Waals surface area contributed by atoms with Crippen LogP contribution >= 0.6 is 0 Å². The molecule has 1 rings (SSSR count). The summed E-state index contributed by atoms with van der Waals surface area (Å²) < 4.78 is 15.0. The van der Waals surface area contributed by atoms with Gasteiger partial charge in [-0.05, 0) is 0 Å². The number of rotatable bonds is 3. The number of hydrogen-bond donors (Lipinski definition) is 1. The van der Waals surface area contributed by atoms with Crippen LogP contribution in [-0.2, 0) is 14.2 Å². The van der Waals surface area contributed by atoms with E-state index in [-0.39, 0.29) is 12.2 Å². The Morgan fingerprint density at radius 1 is 1.55 bits per heavy atom. The lowest BCUT2D eigenvalue weighted by molar-refractivity contribution is -0.0236. The lowest BCUT2D eigenvalue weighted by Gasteiger charge is -2.14. The summed E-state index contributed by atoms with van der Waals surface area (Å²) in [5.74, 6) is 0. The van der Waals surface area contributed by atoms with Gasteiger partial charge in [-0.1, -0.05) is 0 Å². The fraction of sp³-hybridized carbons (Fsp3) is 1.00. The average Bonchev–Trinajstić information content (AvgIpc) is 2.34. The van der Waals surface area contributed by atoms with Gasteiger partial charge in [-0.25, -0.2) is 0 Å². The first kappa shape index (κ1) is 8.93. The molecule has 0 aromatic carbocycles. The summed E-state index contributed by atoms with van der Waals surface area (Å²) in [5.41, 5.74) is 0. The maximum absolute atomic E-state index is 9.45. The monoisotopic (exact) mass is 162 g/mol. The molecular weight excluding hydrogens is 148 g/mol. The second kappa shape index (κ2) is 4.01. The lowest BCUT2D eigenvalue weighted by atomic mass is 10.1. The minimum absolute atomic E-state index is 0.199. The molecule has 1 aliphatic heterocycles. The number of methoxy groups -OCH3 is 2. The summed E-state index contributed by atoms with van der Waals surface area (Å²) in [7, 11) is 3.14. The molecule has 0 spiro atoms. The number of aliphatic hydroxyl groups excluding tert-OH is 1. The van der Waals surface area contributed by atoms with Crippen molar-refractivity contribution in [2.45, 2.75) is 18.3 Å². The second-order valence-corrected chi connectivity index (χ2v) is 2.59. The van der Waals surface area contributed by atoms with E-state index in [1.165, 1.54) is 0 Å². The van der Waals surface area contributed by atoms with Crippen molar-refractivity contribution >= 4 is 0 Å². The maximum Gasteiger partial charge on any atom is 0.111 e. The minimum Gasteiger partial charge on any atom is -0.388 e. The van der Waals surface area contributed by atoms with Gasteiger partial charge < -0.3 is 19.3 Å². The number of hydrogen-bond acceptors (Lipinski definition) is 4. The van der Waals surface area contributed by atoms with Crippen LogP contribution in [0.1, 0.15) is 0 Å². The van der Waals surface area contributed by atoms with E-state index in [0.29, 0.717) is 13.2 Å². The highest BCUT2D eigenvalue weighted by Crippen LogP contribution is 2.16. The zero-order valence-electron chi connectivity index (χ0n) is 6.82. The Morgan fingerprint density at radius 2 is 2.27 bits per heavy atom. The Hall–Kier alpha value is -0.160. The van der Waals surface area contributed by atoms with Crippen LogP contribution in [0.3, 0.4) is 0 Å². The van der Waals surface area contributed by atoms with Crippen LogP contribution in [0, 0.1) is 0 Å². The lowest BCUT2D eigenvalue weighted by Crippen LogP contribution is -2.33. The molecule has 4 heteroatoms. The molecule has 0 aliphatic carbocycles. The van der Waals surface area contributed by atoms with Crippen molar-refractivity contribution in [3.8, 4) is 0 Å². The van der Waals surface area contributed by atoms with E-state index in [4.69, 9.17) is 14.2 Å². The van der Waals surface area contributed by atoms with Crippen molar-refractivity contribution in [3.05, 3.63) is 0 Å². The van der Waals surface area contributed by atoms with Crippen molar-refractivity contribution in [1.82, 2.24) is 0 Å². The molecule has 0 bridgehead atoms. The van der Waals surface area contributed by atoms with E-state index >= 15 is 0 Å². The van der Waals surface area contributed by atoms with Crippen LogP contribution in [0.4, 0.5) is 0 Å². The van der Waals surface area contributed by atoms with Crippen LogP contribution in [0.25, 0.3) is 0 Å². The van der Waals surface area contributed by atoms with Crippen LogP contribution < -0.4 is 0 Å². The molecule has 0 radical (unpaired) electrons. The third-order valence-corrected chi connectivity index (χ3v) is 1.87. The van der Waals surface area contributed by atoms with Crippen molar-refractivity contribution < 1.29 is 19.3 Å². The molecule has 0 saturated carbocycles. The molecule has 3 atom stereocenters. The van der Waals surface area contributed by atoms with Crippen LogP contribution in [0.5, 0.6) is 0 Å². The summed E-state index contributed by atoms with van der Waals surface area (Å²) in [6.45, 7) is 0.868. The van der Waals surface area contributed by atoms with Gasteiger partial charge in [-0.15, -0.1) is 0 Å². The Balaban J connectivity index is 2.35. The summed E-state index contributed by atoms with van der Waals surface area (Å²) in [4.78, 5) is 0. The normalized spacial score (nSPS) is 37.9. The molecule has 66 valence electrons. The Labute approximate surface area is 66.1 Å². The first-order valence-electron chi connectivity index (χ1n) is 3.61. The van der Waals surface area contributed by atoms with E-state index in [0.717, 1.165) is 0 Å². The van der Waals surface area contributed by atoms with Crippen molar-refractivity contribution in [3.63, 3.8) is 0 Å². The summed E-state index contributed by atoms with van der Waals surface area (Å²) in [5, 5.41) is 9.45. The largest absolute Gasteiger partial charge is 0.388 e. The van der Waals surface area contributed by atoms with Crippen molar-refractivity contribution in [2.24, 2.45) is 0 Å². The van der Waals surface area contributed by atoms with Gasteiger partial charge in [0.1, 0.15) is 18.3 Å². The van der Waals surface area contributed by atoms with E-state index in [2.05, 4.69) is 0 Å². The van der Waals surface area contributed by atoms with Gasteiger partial charge in [0.05, 0.1) is 13.2 Å². The van der Waals surface area contributed by atoms with E-state index in [1.54, 1.807) is 14.2 Å². The van der Waals surface area contributed by atoms with Gasteiger partial charge in [0.2, 0.25) is 0 Å². The Morgan fingerprint density at radius 3 is 2.73 bits per heavy atom. The summed E-state index contributed by atoms with van der Waals surface area (Å²) >= 11 is 0. The highest BCUT2D eigenvalue weighted by molar-refractivity contribution is 4.83. The predicted octanol–water partition coefficient (Wildman–Crippen LogP) is -0.593. The average molecular weight is 162 g/mol. The fourth-order valence-corrected chi connectivity index (χ4v) is 1.17. The summed E-state index contributed by atoms with van der Waals surface area (Å²) in [6.07, 6.45) is -0.986. The topological polar surface area (TPSA) is 47.9 Å². The highest BCUT2D eigenvalue weighted by Gasteiger charge is 2.35. The molecule has 0 aromatic rings. The molecule has 1 saturated heterocycles. The zero-order valence-corrected chi connectivity index (χ0v) is 6.82. The molecule has 0 amide bonds. The fourth-order valence-electron chi connectivity index (χ4n) is 1.17. The van der Waals surface area contributed by atoms with Crippen LogP contribution in [0.15, 0.2) is 0 Å². The summed E-state index contributed by atoms with van der Waals surface area (Å²) in [6, 6.07) is 0. The van der Waals surface area contributed by atoms with E-state index in [9.17, 15) is 5.11 Å². The standard InChI is InChI=1S/C7H14O4/c1-9-3-6-7(8)5(10-2)4-11-6/h5-8H,3-4H2,1-2H3/t5-,6?,7?/m1/s1. The zero-order chi connectivity index (χ0) is 8.27. The number of ether oxygens (including phenoxy) is 3. The van der Waals surface area contributed by atoms with Gasteiger partial charge in [0.15, 0.2) is 0 Å². The van der Waals surface area contributed by atoms with E-state index < -0.39 is 6.10 Å². The first-order valence-corrected chi connectivity index (χ1v) is 3.61. The van der Waals surface area contributed by atoms with Gasteiger partial charge in [-0.3, -0.25) is 0 Å². The van der Waals surface area contributed by atoms with Crippen molar-refractivity contribution in [2.75, 3.05) is 27.4 Å². The molecule has 1 fully saturated rings. The minimum atomic E-state index is -0.556. The van der Waals surface area contributed by atoms with E-state index in [1.807, 2.05) is 0 Å². The molecular formula is C7H14O4. The van der Waals surface area contributed by atoms with Gasteiger partial charge in [-0.2, -0.15) is 0 Å². The molecule has 1 heterocycles. The third-order valence-electron chi connectivity index (χ3n) is 1.87. The molecule has 11 heavy (non-hydrogen) atoms. The van der Waals surface area contributed by atoms with Gasteiger partial charge >= 0.3 is 0 Å². The molecule has 1 N–H and O–H groups in total. The third kappa shape index (κ3) is 1.90. The highest BCUT2D eigenvalue weighted by atomic mass is 16.6.